The first-order chi connectivity index (χ1) is 12.9. The van der Waals surface area contributed by atoms with Crippen molar-refractivity contribution < 1.29 is 18.4 Å². The Kier molecular flexibility index (Phi) is 5.21. The minimum atomic E-state index is -3.07. The van der Waals surface area contributed by atoms with Crippen molar-refractivity contribution in [1.82, 2.24) is 14.9 Å². The Morgan fingerprint density at radius 1 is 1.19 bits per heavy atom. The fraction of sp³-hybridized carbons (Fsp3) is 0.316. The summed E-state index contributed by atoms with van der Waals surface area (Å²) in [5, 5.41) is 8.98. The van der Waals surface area contributed by atoms with Crippen molar-refractivity contribution in [3.63, 3.8) is 0 Å². The number of halogens is 2. The van der Waals surface area contributed by atoms with Gasteiger partial charge in [0.1, 0.15) is 6.04 Å². The van der Waals surface area contributed by atoms with Gasteiger partial charge >= 0.3 is 0 Å². The number of nitrogens with zero attached hydrogens (tertiary/aromatic N) is 4. The molecule has 1 aliphatic heterocycles. The van der Waals surface area contributed by atoms with Crippen LogP contribution in [0.1, 0.15) is 29.6 Å². The van der Waals surface area contributed by atoms with Gasteiger partial charge in [0.25, 0.3) is 5.92 Å². The van der Waals surface area contributed by atoms with Crippen molar-refractivity contribution in [1.29, 1.82) is 5.26 Å². The van der Waals surface area contributed by atoms with Crippen LogP contribution in [0.15, 0.2) is 43.0 Å². The van der Waals surface area contributed by atoms with E-state index >= 15 is 0 Å². The molecule has 0 unspecified atom stereocenters. The molecule has 138 valence electrons. The van der Waals surface area contributed by atoms with Gasteiger partial charge in [0.05, 0.1) is 12.6 Å². The molecule has 0 bridgehead atoms. The molecule has 27 heavy (non-hydrogen) atoms. The lowest BCUT2D eigenvalue weighted by molar-refractivity contribution is -0.132. The van der Waals surface area contributed by atoms with E-state index in [9.17, 15) is 18.4 Å². The second-order valence-electron chi connectivity index (χ2n) is 6.31. The van der Waals surface area contributed by atoms with Gasteiger partial charge in [-0.2, -0.15) is 5.26 Å². The molecule has 1 aliphatic rings. The molecule has 0 saturated carbocycles. The lowest BCUT2D eigenvalue weighted by atomic mass is 9.98. The van der Waals surface area contributed by atoms with E-state index in [0.717, 1.165) is 10.5 Å². The summed E-state index contributed by atoms with van der Waals surface area (Å²) in [6.45, 7) is -0.782. The van der Waals surface area contributed by atoms with Crippen molar-refractivity contribution in [2.75, 3.05) is 6.54 Å². The standard InChI is InChI=1S/C19H16F2N4O2/c20-19(21)9-14(10-22)25(12-19)18(27)2-1-17(26)15-5-8-24-11-16(15)13-3-6-23-7-4-13/h3-8,11,14H,1-2,9,12H2/t14-/m0/s1. The summed E-state index contributed by atoms with van der Waals surface area (Å²) in [6, 6.07) is 5.61. The molecule has 0 aliphatic carbocycles. The van der Waals surface area contributed by atoms with E-state index in [1.54, 1.807) is 42.9 Å². The molecule has 0 spiro atoms. The highest BCUT2D eigenvalue weighted by Gasteiger charge is 2.47. The number of Topliss-reactive ketones (excluding diaryl/α,β-unsaturated/α-hetero) is 1. The Morgan fingerprint density at radius 3 is 2.59 bits per heavy atom. The number of hydrogen-bond donors (Lipinski definition) is 0. The number of aromatic nitrogens is 2. The third kappa shape index (κ3) is 4.14. The fourth-order valence-corrected chi connectivity index (χ4v) is 3.09. The van der Waals surface area contributed by atoms with Crippen LogP contribution in [0.4, 0.5) is 8.78 Å². The zero-order chi connectivity index (χ0) is 19.4. The number of alkyl halides is 2. The smallest absolute Gasteiger partial charge is 0.268 e. The van der Waals surface area contributed by atoms with E-state index in [2.05, 4.69) is 9.97 Å². The first-order valence-electron chi connectivity index (χ1n) is 8.36. The third-order valence-electron chi connectivity index (χ3n) is 4.42. The molecule has 0 radical (unpaired) electrons. The predicted molar refractivity (Wildman–Crippen MR) is 91.7 cm³/mol. The molecule has 2 aromatic heterocycles. The van der Waals surface area contributed by atoms with Gasteiger partial charge in [-0.15, -0.1) is 0 Å². The van der Waals surface area contributed by atoms with Gasteiger partial charge in [-0.25, -0.2) is 8.78 Å². The van der Waals surface area contributed by atoms with Crippen LogP contribution in [-0.4, -0.2) is 45.1 Å². The molecule has 1 saturated heterocycles. The van der Waals surface area contributed by atoms with Crippen molar-refractivity contribution in [3.8, 4) is 17.2 Å². The molecule has 0 aromatic carbocycles. The number of carbonyl (C=O) groups is 2. The first kappa shape index (κ1) is 18.6. The highest BCUT2D eigenvalue weighted by molar-refractivity contribution is 6.03. The highest BCUT2D eigenvalue weighted by Crippen LogP contribution is 2.32. The average molecular weight is 370 g/mol. The normalized spacial score (nSPS) is 18.1. The summed E-state index contributed by atoms with van der Waals surface area (Å²) >= 11 is 0. The van der Waals surface area contributed by atoms with Crippen LogP contribution in [0.2, 0.25) is 0 Å². The Hall–Kier alpha value is -3.21. The fourth-order valence-electron chi connectivity index (χ4n) is 3.09. The van der Waals surface area contributed by atoms with Gasteiger partial charge in [-0.05, 0) is 23.8 Å². The van der Waals surface area contributed by atoms with Gasteiger partial charge in [0.15, 0.2) is 5.78 Å². The molecule has 3 rings (SSSR count). The van der Waals surface area contributed by atoms with Gasteiger partial charge < -0.3 is 4.90 Å². The molecule has 2 aromatic rings. The summed E-state index contributed by atoms with van der Waals surface area (Å²) in [5.41, 5.74) is 1.77. The van der Waals surface area contributed by atoms with Crippen LogP contribution in [0.3, 0.4) is 0 Å². The lowest BCUT2D eigenvalue weighted by Gasteiger charge is -2.19. The molecule has 0 N–H and O–H groups in total. The van der Waals surface area contributed by atoms with Crippen LogP contribution in [-0.2, 0) is 4.79 Å². The Morgan fingerprint density at radius 2 is 1.89 bits per heavy atom. The van der Waals surface area contributed by atoms with Gasteiger partial charge in [-0.1, -0.05) is 0 Å². The summed E-state index contributed by atoms with van der Waals surface area (Å²) < 4.78 is 26.9. The van der Waals surface area contributed by atoms with Gasteiger partial charge in [-0.3, -0.25) is 19.6 Å². The molecule has 6 nitrogen and oxygen atoms in total. The molecule has 8 heteroatoms. The number of rotatable bonds is 5. The van der Waals surface area contributed by atoms with Crippen molar-refractivity contribution in [2.45, 2.75) is 31.2 Å². The largest absolute Gasteiger partial charge is 0.320 e. The van der Waals surface area contributed by atoms with Gasteiger partial charge in [0, 0.05) is 55.2 Å². The van der Waals surface area contributed by atoms with Crippen molar-refractivity contribution in [3.05, 3.63) is 48.5 Å². The topological polar surface area (TPSA) is 87.0 Å². The van der Waals surface area contributed by atoms with Crippen LogP contribution < -0.4 is 0 Å². The SMILES string of the molecule is N#C[C@@H]1CC(F)(F)CN1C(=O)CCC(=O)c1ccncc1-c1ccncc1. The Balaban J connectivity index is 1.71. The number of carbonyl (C=O) groups excluding carboxylic acids is 2. The van der Waals surface area contributed by atoms with Crippen LogP contribution in [0, 0.1) is 11.3 Å². The van der Waals surface area contributed by atoms with Crippen LogP contribution >= 0.6 is 0 Å². The van der Waals surface area contributed by atoms with Crippen molar-refractivity contribution in [2.24, 2.45) is 0 Å². The molecule has 1 amide bonds. The van der Waals surface area contributed by atoms with Crippen LogP contribution in [0.25, 0.3) is 11.1 Å². The average Bonchev–Trinajstić information content (AvgIpc) is 3.01. The third-order valence-corrected chi connectivity index (χ3v) is 4.42. The Bertz CT molecular complexity index is 896. The summed E-state index contributed by atoms with van der Waals surface area (Å²) in [6.07, 6.45) is 5.18. The minimum Gasteiger partial charge on any atom is -0.320 e. The van der Waals surface area contributed by atoms with E-state index in [0.29, 0.717) is 11.1 Å². The second-order valence-corrected chi connectivity index (χ2v) is 6.31. The summed E-state index contributed by atoms with van der Waals surface area (Å²) in [5.74, 6) is -3.98. The molecule has 3 heterocycles. The number of ketones is 1. The highest BCUT2D eigenvalue weighted by atomic mass is 19.3. The van der Waals surface area contributed by atoms with Crippen LogP contribution in [0.5, 0.6) is 0 Å². The monoisotopic (exact) mass is 370 g/mol. The van der Waals surface area contributed by atoms with E-state index in [1.165, 1.54) is 6.20 Å². The van der Waals surface area contributed by atoms with Gasteiger partial charge in [0.2, 0.25) is 5.91 Å². The zero-order valence-electron chi connectivity index (χ0n) is 14.3. The molecule has 1 fully saturated rings. The maximum Gasteiger partial charge on any atom is 0.268 e. The Labute approximate surface area is 154 Å². The molecule has 1 atom stereocenters. The number of hydrogen-bond acceptors (Lipinski definition) is 5. The number of likely N-dealkylation sites (tertiary alicyclic amines) is 1. The van der Waals surface area contributed by atoms with E-state index in [4.69, 9.17) is 5.26 Å². The zero-order valence-corrected chi connectivity index (χ0v) is 14.3. The second kappa shape index (κ2) is 7.58. The predicted octanol–water partition coefficient (Wildman–Crippen LogP) is 2.87. The molecular formula is C19H16F2N4O2. The summed E-state index contributed by atoms with van der Waals surface area (Å²) in [4.78, 5) is 33.7. The molecular weight excluding hydrogens is 354 g/mol. The first-order valence-corrected chi connectivity index (χ1v) is 8.36. The van der Waals surface area contributed by atoms with E-state index in [-0.39, 0.29) is 18.6 Å². The number of amides is 1. The maximum atomic E-state index is 13.5. The lowest BCUT2D eigenvalue weighted by Crippen LogP contribution is -2.36. The van der Waals surface area contributed by atoms with E-state index in [1.807, 2.05) is 0 Å². The quantitative estimate of drug-likeness (QED) is 0.756. The number of nitriles is 1. The minimum absolute atomic E-state index is 0.138. The number of pyridine rings is 2. The van der Waals surface area contributed by atoms with Crippen molar-refractivity contribution >= 4 is 11.7 Å². The van der Waals surface area contributed by atoms with E-state index < -0.39 is 30.8 Å². The maximum absolute atomic E-state index is 13.5. The summed E-state index contributed by atoms with van der Waals surface area (Å²) in [7, 11) is 0.